The van der Waals surface area contributed by atoms with Crippen LogP contribution in [0.2, 0.25) is 0 Å². The molecule has 0 atom stereocenters. The molecule has 0 bridgehead atoms. The quantitative estimate of drug-likeness (QED) is 0.506. The number of para-hydroxylation sites is 1. The van der Waals surface area contributed by atoms with Gasteiger partial charge in [0.15, 0.2) is 5.76 Å². The van der Waals surface area contributed by atoms with Crippen LogP contribution in [0.4, 0.5) is 4.39 Å². The summed E-state index contributed by atoms with van der Waals surface area (Å²) in [5, 5.41) is 0.444. The van der Waals surface area contributed by atoms with Gasteiger partial charge in [-0.3, -0.25) is 4.79 Å². The highest BCUT2D eigenvalue weighted by Gasteiger charge is 2.17. The van der Waals surface area contributed by atoms with E-state index in [-0.39, 0.29) is 17.0 Å². The van der Waals surface area contributed by atoms with Crippen molar-refractivity contribution in [1.82, 2.24) is 0 Å². The first-order chi connectivity index (χ1) is 11.2. The number of ether oxygens (including phenoxy) is 1. The zero-order valence-corrected chi connectivity index (χ0v) is 13.0. The fourth-order valence-electron chi connectivity index (χ4n) is 2.28. The van der Waals surface area contributed by atoms with E-state index in [9.17, 15) is 9.18 Å². The molecule has 118 valence electrons. The molecule has 3 rings (SSSR count). The van der Waals surface area contributed by atoms with Crippen molar-refractivity contribution >= 4 is 22.6 Å². The summed E-state index contributed by atoms with van der Waals surface area (Å²) in [6.07, 6.45) is 0.608. The Hall–Kier alpha value is -2.33. The summed E-state index contributed by atoms with van der Waals surface area (Å²) in [6.45, 7) is 0.306. The molecule has 1 aromatic heterocycles. The summed E-state index contributed by atoms with van der Waals surface area (Å²) in [6, 6.07) is 12.7. The average molecular weight is 333 g/mol. The zero-order chi connectivity index (χ0) is 16.2. The van der Waals surface area contributed by atoms with Crippen molar-refractivity contribution in [1.29, 1.82) is 0 Å². The molecule has 3 aromatic rings. The van der Waals surface area contributed by atoms with Crippen molar-refractivity contribution < 1.29 is 13.5 Å². The largest absolute Gasteiger partial charge is 0.486 e. The maximum atomic E-state index is 13.1. The van der Waals surface area contributed by atoms with Crippen molar-refractivity contribution in [3.63, 3.8) is 0 Å². The van der Waals surface area contributed by atoms with Crippen LogP contribution in [0, 0.1) is 5.82 Å². The molecule has 0 aliphatic heterocycles. The Morgan fingerprint density at radius 1 is 1.09 bits per heavy atom. The molecule has 0 saturated carbocycles. The molecule has 0 fully saturated rings. The Morgan fingerprint density at radius 2 is 1.83 bits per heavy atom. The van der Waals surface area contributed by atoms with Crippen LogP contribution in [0.5, 0.6) is 5.75 Å². The van der Waals surface area contributed by atoms with Crippen LogP contribution in [-0.4, -0.2) is 12.5 Å². The molecule has 5 heteroatoms. The SMILES string of the molecule is O=c1c(OCCCCl)c(-c2ccc(F)cc2)oc2ccccc12. The molecule has 0 saturated heterocycles. The number of hydrogen-bond donors (Lipinski definition) is 0. The minimum Gasteiger partial charge on any atom is -0.486 e. The number of fused-ring (bicyclic) bond motifs is 1. The zero-order valence-electron chi connectivity index (χ0n) is 12.2. The molecule has 0 amide bonds. The molecule has 0 aliphatic carbocycles. The number of halogens is 2. The molecule has 23 heavy (non-hydrogen) atoms. The molecule has 3 nitrogen and oxygen atoms in total. The van der Waals surface area contributed by atoms with E-state index < -0.39 is 0 Å². The van der Waals surface area contributed by atoms with E-state index >= 15 is 0 Å². The second-order valence-electron chi connectivity index (χ2n) is 4.98. The first-order valence-corrected chi connectivity index (χ1v) is 7.74. The number of alkyl halides is 1. The highest BCUT2D eigenvalue weighted by molar-refractivity contribution is 6.17. The summed E-state index contributed by atoms with van der Waals surface area (Å²) in [5.74, 6) is 0.496. The highest BCUT2D eigenvalue weighted by Crippen LogP contribution is 2.31. The molecule has 1 heterocycles. The third kappa shape index (κ3) is 3.22. The lowest BCUT2D eigenvalue weighted by molar-refractivity contribution is 0.310. The van der Waals surface area contributed by atoms with E-state index in [0.717, 1.165) is 0 Å². The molecular formula is C18H14ClFO3. The Labute approximate surface area is 137 Å². The van der Waals surface area contributed by atoms with Crippen LogP contribution in [0.15, 0.2) is 57.7 Å². The third-order valence-corrected chi connectivity index (χ3v) is 3.65. The predicted octanol–water partition coefficient (Wildman–Crippen LogP) is 4.61. The van der Waals surface area contributed by atoms with Crippen LogP contribution < -0.4 is 10.2 Å². The lowest BCUT2D eigenvalue weighted by Crippen LogP contribution is -2.11. The average Bonchev–Trinajstić information content (AvgIpc) is 2.58. The summed E-state index contributed by atoms with van der Waals surface area (Å²) < 4.78 is 24.6. The molecule has 0 spiro atoms. The van der Waals surface area contributed by atoms with Crippen LogP contribution in [-0.2, 0) is 0 Å². The van der Waals surface area contributed by atoms with E-state index in [2.05, 4.69) is 0 Å². The fourth-order valence-corrected chi connectivity index (χ4v) is 2.39. The first kappa shape index (κ1) is 15.6. The van der Waals surface area contributed by atoms with Gasteiger partial charge in [0.2, 0.25) is 11.2 Å². The molecule has 0 unspecified atom stereocenters. The van der Waals surface area contributed by atoms with Gasteiger partial charge in [-0.15, -0.1) is 11.6 Å². The number of benzene rings is 2. The van der Waals surface area contributed by atoms with Gasteiger partial charge in [-0.25, -0.2) is 4.39 Å². The van der Waals surface area contributed by atoms with E-state index in [1.807, 2.05) is 0 Å². The minimum absolute atomic E-state index is 0.125. The molecule has 0 radical (unpaired) electrons. The molecular weight excluding hydrogens is 319 g/mol. The van der Waals surface area contributed by atoms with E-state index in [0.29, 0.717) is 41.2 Å². The Balaban J connectivity index is 2.18. The van der Waals surface area contributed by atoms with Crippen molar-refractivity contribution in [2.75, 3.05) is 12.5 Å². The van der Waals surface area contributed by atoms with Crippen LogP contribution in [0.3, 0.4) is 0 Å². The van der Waals surface area contributed by atoms with Gasteiger partial charge < -0.3 is 9.15 Å². The minimum atomic E-state index is -0.360. The maximum absolute atomic E-state index is 13.1. The smallest absolute Gasteiger partial charge is 0.235 e. The number of rotatable bonds is 5. The maximum Gasteiger partial charge on any atom is 0.235 e. The van der Waals surface area contributed by atoms with Crippen LogP contribution in [0.25, 0.3) is 22.3 Å². The third-order valence-electron chi connectivity index (χ3n) is 3.39. The Kier molecular flexibility index (Phi) is 4.63. The summed E-state index contributed by atoms with van der Waals surface area (Å²) >= 11 is 5.65. The van der Waals surface area contributed by atoms with Gasteiger partial charge in [0, 0.05) is 11.4 Å². The van der Waals surface area contributed by atoms with E-state index in [1.165, 1.54) is 12.1 Å². The van der Waals surface area contributed by atoms with Crippen molar-refractivity contribution in [2.24, 2.45) is 0 Å². The predicted molar refractivity (Wildman–Crippen MR) is 88.7 cm³/mol. The van der Waals surface area contributed by atoms with Gasteiger partial charge >= 0.3 is 0 Å². The lowest BCUT2D eigenvalue weighted by atomic mass is 10.1. The second kappa shape index (κ2) is 6.84. The van der Waals surface area contributed by atoms with Gasteiger partial charge in [0.1, 0.15) is 11.4 Å². The molecule has 0 aliphatic rings. The van der Waals surface area contributed by atoms with Gasteiger partial charge in [0.05, 0.1) is 12.0 Å². The standard InChI is InChI=1S/C18H14ClFO3/c19-10-3-11-22-18-16(21)14-4-1-2-5-15(14)23-17(18)12-6-8-13(20)9-7-12/h1-2,4-9H,3,10-11H2. The summed E-state index contributed by atoms with van der Waals surface area (Å²) in [4.78, 5) is 12.7. The summed E-state index contributed by atoms with van der Waals surface area (Å²) in [7, 11) is 0. The number of hydrogen-bond acceptors (Lipinski definition) is 3. The second-order valence-corrected chi connectivity index (χ2v) is 5.36. The van der Waals surface area contributed by atoms with Crippen molar-refractivity contribution in [3.05, 3.63) is 64.6 Å². The van der Waals surface area contributed by atoms with Crippen molar-refractivity contribution in [3.8, 4) is 17.1 Å². The van der Waals surface area contributed by atoms with E-state index in [4.69, 9.17) is 20.8 Å². The van der Waals surface area contributed by atoms with Gasteiger partial charge in [-0.05, 0) is 42.8 Å². The Bertz CT molecular complexity index is 872. The topological polar surface area (TPSA) is 39.4 Å². The Morgan fingerprint density at radius 3 is 2.57 bits per heavy atom. The van der Waals surface area contributed by atoms with Crippen LogP contribution in [0.1, 0.15) is 6.42 Å². The van der Waals surface area contributed by atoms with Gasteiger partial charge in [0.25, 0.3) is 0 Å². The normalized spacial score (nSPS) is 10.9. The summed E-state index contributed by atoms with van der Waals surface area (Å²) in [5.41, 5.74) is 0.789. The monoisotopic (exact) mass is 332 g/mol. The van der Waals surface area contributed by atoms with E-state index in [1.54, 1.807) is 36.4 Å². The lowest BCUT2D eigenvalue weighted by Gasteiger charge is -2.11. The molecule has 0 N–H and O–H groups in total. The fraction of sp³-hybridized carbons (Fsp3) is 0.167. The first-order valence-electron chi connectivity index (χ1n) is 7.21. The van der Waals surface area contributed by atoms with Gasteiger partial charge in [-0.1, -0.05) is 12.1 Å². The molecule has 2 aromatic carbocycles. The highest BCUT2D eigenvalue weighted by atomic mass is 35.5. The van der Waals surface area contributed by atoms with Crippen molar-refractivity contribution in [2.45, 2.75) is 6.42 Å². The van der Waals surface area contributed by atoms with Gasteiger partial charge in [-0.2, -0.15) is 0 Å². The van der Waals surface area contributed by atoms with Crippen LogP contribution >= 0.6 is 11.6 Å².